The number of piperidine rings is 1. The second-order valence-corrected chi connectivity index (χ2v) is 9.06. The van der Waals surface area contributed by atoms with Crippen molar-refractivity contribution >= 4 is 15.7 Å². The largest absolute Gasteiger partial charge is 0.356 e. The Labute approximate surface area is 159 Å². The van der Waals surface area contributed by atoms with Crippen LogP contribution in [0.1, 0.15) is 24.0 Å². The molecule has 0 radical (unpaired) electrons. The first-order valence-electron chi connectivity index (χ1n) is 9.15. The molecule has 7 heteroatoms. The van der Waals surface area contributed by atoms with E-state index in [2.05, 4.69) is 24.0 Å². The molecule has 0 atom stereocenters. The van der Waals surface area contributed by atoms with E-state index in [1.807, 2.05) is 6.07 Å². The average Bonchev–Trinajstić information content (AvgIpc) is 2.68. The number of anilines is 1. The molecular weight excluding hydrogens is 367 g/mol. The molecule has 0 saturated carbocycles. The fourth-order valence-electron chi connectivity index (χ4n) is 4.02. The van der Waals surface area contributed by atoms with Crippen LogP contribution in [0.25, 0.3) is 0 Å². The van der Waals surface area contributed by atoms with Gasteiger partial charge in [0.15, 0.2) is 0 Å². The lowest BCUT2D eigenvalue weighted by Crippen LogP contribution is -2.48. The van der Waals surface area contributed by atoms with Crippen molar-refractivity contribution < 1.29 is 17.5 Å². The van der Waals surface area contributed by atoms with Crippen LogP contribution in [-0.2, 0) is 21.4 Å². The van der Waals surface area contributed by atoms with E-state index in [0.29, 0.717) is 39.3 Å². The summed E-state index contributed by atoms with van der Waals surface area (Å²) >= 11 is 0. The van der Waals surface area contributed by atoms with Crippen molar-refractivity contribution in [3.8, 4) is 0 Å². The highest BCUT2D eigenvalue weighted by Gasteiger charge is 2.33. The highest BCUT2D eigenvalue weighted by atomic mass is 32.2. The van der Waals surface area contributed by atoms with E-state index in [9.17, 15) is 12.8 Å². The van der Waals surface area contributed by atoms with Gasteiger partial charge in [-0.1, -0.05) is 24.3 Å². The summed E-state index contributed by atoms with van der Waals surface area (Å²) in [5.41, 5.74) is 3.61. The minimum Gasteiger partial charge on any atom is -0.356 e. The molecule has 4 rings (SSSR count). The number of fused-ring (bicyclic) bond motifs is 1. The van der Waals surface area contributed by atoms with E-state index in [1.165, 1.54) is 39.3 Å². The van der Waals surface area contributed by atoms with E-state index in [4.69, 9.17) is 4.74 Å². The van der Waals surface area contributed by atoms with Gasteiger partial charge in [0.05, 0.1) is 11.5 Å². The van der Waals surface area contributed by atoms with E-state index in [1.54, 1.807) is 0 Å². The van der Waals surface area contributed by atoms with Crippen molar-refractivity contribution in [3.63, 3.8) is 0 Å². The van der Waals surface area contributed by atoms with Crippen LogP contribution in [0, 0.1) is 12.7 Å². The van der Waals surface area contributed by atoms with Gasteiger partial charge in [0, 0.05) is 30.4 Å². The molecule has 0 spiro atoms. The lowest BCUT2D eigenvalue weighted by Gasteiger charge is -2.42. The maximum absolute atomic E-state index is 13.4. The quantitative estimate of drug-likeness (QED) is 0.807. The molecule has 2 aromatic rings. The molecule has 1 saturated heterocycles. The van der Waals surface area contributed by atoms with Crippen LogP contribution >= 0.6 is 0 Å². The normalized spacial score (nSPS) is 19.1. The van der Waals surface area contributed by atoms with Gasteiger partial charge in [0.1, 0.15) is 12.5 Å². The maximum Gasteiger partial charge on any atom is 0.243 e. The number of nitrogens with zero attached hydrogens (tertiary/aromatic N) is 2. The third-order valence-corrected chi connectivity index (χ3v) is 7.29. The Hall–Kier alpha value is -1.96. The van der Waals surface area contributed by atoms with Crippen molar-refractivity contribution in [2.24, 2.45) is 0 Å². The molecule has 144 valence electrons. The van der Waals surface area contributed by atoms with Crippen LogP contribution in [-0.4, -0.2) is 38.6 Å². The van der Waals surface area contributed by atoms with E-state index < -0.39 is 15.8 Å². The van der Waals surface area contributed by atoms with Crippen LogP contribution in [0.15, 0.2) is 47.4 Å². The first-order chi connectivity index (χ1) is 13.0. The minimum absolute atomic E-state index is 0.0171. The zero-order valence-electron chi connectivity index (χ0n) is 15.3. The number of benzene rings is 2. The van der Waals surface area contributed by atoms with Crippen LogP contribution in [0.2, 0.25) is 0 Å². The number of hydrogen-bond acceptors (Lipinski definition) is 4. The number of hydrogen-bond donors (Lipinski definition) is 0. The molecule has 0 bridgehead atoms. The molecular formula is C20H23FN2O3S. The number of sulfonamides is 1. The summed E-state index contributed by atoms with van der Waals surface area (Å²) in [6.07, 6.45) is 1.43. The summed E-state index contributed by atoms with van der Waals surface area (Å²) in [6.45, 7) is 4.07. The maximum atomic E-state index is 13.4. The molecule has 2 aliphatic rings. The summed E-state index contributed by atoms with van der Waals surface area (Å²) < 4.78 is 46.2. The lowest BCUT2D eigenvalue weighted by molar-refractivity contribution is 0.0986. The van der Waals surface area contributed by atoms with Gasteiger partial charge in [-0.2, -0.15) is 4.31 Å². The van der Waals surface area contributed by atoms with Crippen molar-refractivity contribution in [1.82, 2.24) is 4.31 Å². The average molecular weight is 390 g/mol. The van der Waals surface area contributed by atoms with E-state index >= 15 is 0 Å². The molecule has 2 aliphatic heterocycles. The van der Waals surface area contributed by atoms with Gasteiger partial charge in [-0.25, -0.2) is 12.8 Å². The van der Waals surface area contributed by atoms with Crippen molar-refractivity contribution in [1.29, 1.82) is 0 Å². The molecule has 2 aromatic carbocycles. The monoisotopic (exact) mass is 390 g/mol. The Balaban J connectivity index is 1.51. The number of rotatable bonds is 3. The van der Waals surface area contributed by atoms with Gasteiger partial charge in [0.2, 0.25) is 10.0 Å². The molecule has 2 heterocycles. The molecule has 27 heavy (non-hydrogen) atoms. The summed E-state index contributed by atoms with van der Waals surface area (Å²) in [4.78, 5) is 2.28. The number of aryl methyl sites for hydroxylation is 1. The van der Waals surface area contributed by atoms with Gasteiger partial charge < -0.3 is 9.64 Å². The highest BCUT2D eigenvalue weighted by Crippen LogP contribution is 2.34. The van der Waals surface area contributed by atoms with Gasteiger partial charge >= 0.3 is 0 Å². The van der Waals surface area contributed by atoms with Crippen LogP contribution < -0.4 is 4.90 Å². The first-order valence-corrected chi connectivity index (χ1v) is 10.6. The predicted molar refractivity (Wildman–Crippen MR) is 101 cm³/mol. The molecule has 0 N–H and O–H groups in total. The van der Waals surface area contributed by atoms with E-state index in [-0.39, 0.29) is 10.9 Å². The van der Waals surface area contributed by atoms with Crippen molar-refractivity contribution in [2.75, 3.05) is 24.7 Å². The van der Waals surface area contributed by atoms with Gasteiger partial charge in [-0.15, -0.1) is 0 Å². The molecule has 0 unspecified atom stereocenters. The SMILES string of the molecule is Cc1cccc2c1N(C1CCN(S(=O)(=O)c3cccc(F)c3)CC1)COC2. The third-order valence-electron chi connectivity index (χ3n) is 5.39. The Morgan fingerprint density at radius 1 is 1.11 bits per heavy atom. The Kier molecular flexibility index (Phi) is 4.92. The van der Waals surface area contributed by atoms with Gasteiger partial charge in [-0.05, 0) is 43.5 Å². The Morgan fingerprint density at radius 2 is 1.85 bits per heavy atom. The number of halogens is 1. The second-order valence-electron chi connectivity index (χ2n) is 7.12. The fourth-order valence-corrected chi connectivity index (χ4v) is 5.53. The summed E-state index contributed by atoms with van der Waals surface area (Å²) in [5.74, 6) is -0.538. The smallest absolute Gasteiger partial charge is 0.243 e. The van der Waals surface area contributed by atoms with Gasteiger partial charge in [0.25, 0.3) is 0 Å². The molecule has 0 aliphatic carbocycles. The molecule has 0 amide bonds. The number of ether oxygens (including phenoxy) is 1. The zero-order valence-corrected chi connectivity index (χ0v) is 16.1. The van der Waals surface area contributed by atoms with Crippen LogP contribution in [0.5, 0.6) is 0 Å². The molecule has 0 aromatic heterocycles. The zero-order chi connectivity index (χ0) is 19.0. The third kappa shape index (κ3) is 3.47. The van der Waals surface area contributed by atoms with Crippen molar-refractivity contribution in [3.05, 3.63) is 59.4 Å². The van der Waals surface area contributed by atoms with Gasteiger partial charge in [-0.3, -0.25) is 0 Å². The minimum atomic E-state index is -3.66. The summed E-state index contributed by atoms with van der Waals surface area (Å²) in [5, 5.41) is 0. The highest BCUT2D eigenvalue weighted by molar-refractivity contribution is 7.89. The van der Waals surface area contributed by atoms with Crippen molar-refractivity contribution in [2.45, 2.75) is 37.3 Å². The second kappa shape index (κ2) is 7.22. The Morgan fingerprint density at radius 3 is 2.59 bits per heavy atom. The molecule has 1 fully saturated rings. The first kappa shape index (κ1) is 18.4. The number of para-hydroxylation sites is 1. The fraction of sp³-hybridized carbons (Fsp3) is 0.400. The van der Waals surface area contributed by atoms with E-state index in [0.717, 1.165) is 6.07 Å². The summed E-state index contributed by atoms with van der Waals surface area (Å²) in [7, 11) is -3.66. The predicted octanol–water partition coefficient (Wildman–Crippen LogP) is 3.28. The standard InChI is InChI=1S/C20H23FN2O3S/c1-15-4-2-5-16-13-26-14-23(20(15)16)18-8-10-22(11-9-18)27(24,25)19-7-3-6-17(21)12-19/h2-7,12,18H,8-11,13-14H2,1H3. The van der Waals surface area contributed by atoms with Crippen LogP contribution in [0.3, 0.4) is 0 Å². The Bertz CT molecular complexity index is 940. The van der Waals surface area contributed by atoms with Crippen LogP contribution in [0.4, 0.5) is 10.1 Å². The molecule has 5 nitrogen and oxygen atoms in total. The lowest BCUT2D eigenvalue weighted by atomic mass is 10.00. The summed E-state index contributed by atoms with van der Waals surface area (Å²) in [6, 6.07) is 11.7. The topological polar surface area (TPSA) is 49.9 Å².